The molecule has 18 heavy (non-hydrogen) atoms. The van der Waals surface area contributed by atoms with Crippen LogP contribution in [-0.4, -0.2) is 9.38 Å². The zero-order valence-corrected chi connectivity index (χ0v) is 10.4. The number of hydrogen-bond donors (Lipinski definition) is 1. The minimum absolute atomic E-state index is 0.459. The Labute approximate surface area is 110 Å². The summed E-state index contributed by atoms with van der Waals surface area (Å²) in [6.45, 7) is 0.459. The number of halogens is 1. The van der Waals surface area contributed by atoms with E-state index in [4.69, 9.17) is 17.3 Å². The van der Waals surface area contributed by atoms with Crippen LogP contribution in [0.25, 0.3) is 16.9 Å². The summed E-state index contributed by atoms with van der Waals surface area (Å²) in [6, 6.07) is 11.8. The summed E-state index contributed by atoms with van der Waals surface area (Å²) < 4.78 is 2.04. The summed E-state index contributed by atoms with van der Waals surface area (Å²) in [5, 5.41) is 0.706. The van der Waals surface area contributed by atoms with E-state index in [1.807, 2.05) is 40.9 Å². The molecule has 3 aromatic rings. The van der Waals surface area contributed by atoms with Crippen LogP contribution < -0.4 is 5.73 Å². The van der Waals surface area contributed by atoms with Gasteiger partial charge >= 0.3 is 0 Å². The molecule has 0 aliphatic rings. The Kier molecular flexibility index (Phi) is 2.78. The second-order valence-corrected chi connectivity index (χ2v) is 4.51. The van der Waals surface area contributed by atoms with Crippen LogP contribution in [0.5, 0.6) is 0 Å². The molecule has 0 radical (unpaired) electrons. The van der Waals surface area contributed by atoms with Gasteiger partial charge in [0, 0.05) is 29.5 Å². The first-order chi connectivity index (χ1) is 8.79. The van der Waals surface area contributed by atoms with Crippen LogP contribution in [-0.2, 0) is 6.54 Å². The Hall–Kier alpha value is -1.84. The molecule has 0 saturated heterocycles. The average Bonchev–Trinajstić information content (AvgIpc) is 2.86. The van der Waals surface area contributed by atoms with Gasteiger partial charge in [0.2, 0.25) is 0 Å². The van der Waals surface area contributed by atoms with Crippen molar-refractivity contribution in [2.24, 2.45) is 5.73 Å². The molecule has 2 heterocycles. The van der Waals surface area contributed by atoms with Gasteiger partial charge < -0.3 is 5.73 Å². The maximum absolute atomic E-state index is 6.01. The summed E-state index contributed by atoms with van der Waals surface area (Å²) in [5.74, 6) is 0. The van der Waals surface area contributed by atoms with Crippen molar-refractivity contribution in [2.45, 2.75) is 6.54 Å². The van der Waals surface area contributed by atoms with Gasteiger partial charge in [0.1, 0.15) is 5.65 Å². The first-order valence-corrected chi connectivity index (χ1v) is 6.08. The number of nitrogens with zero attached hydrogens (tertiary/aromatic N) is 2. The second kappa shape index (κ2) is 4.44. The third-order valence-corrected chi connectivity index (χ3v) is 3.23. The Morgan fingerprint density at radius 2 is 2.11 bits per heavy atom. The summed E-state index contributed by atoms with van der Waals surface area (Å²) in [7, 11) is 0. The van der Waals surface area contributed by atoms with E-state index < -0.39 is 0 Å². The highest BCUT2D eigenvalue weighted by Gasteiger charge is 2.08. The molecule has 0 atom stereocenters. The monoisotopic (exact) mass is 257 g/mol. The van der Waals surface area contributed by atoms with Crippen molar-refractivity contribution in [3.63, 3.8) is 0 Å². The Bertz CT molecular complexity index is 703. The molecule has 3 nitrogen and oxygen atoms in total. The predicted molar refractivity (Wildman–Crippen MR) is 73.5 cm³/mol. The van der Waals surface area contributed by atoms with Crippen molar-refractivity contribution in [3.05, 3.63) is 59.4 Å². The van der Waals surface area contributed by atoms with Gasteiger partial charge in [0.25, 0.3) is 0 Å². The maximum atomic E-state index is 6.01. The van der Waals surface area contributed by atoms with Crippen molar-refractivity contribution in [2.75, 3.05) is 0 Å². The molecule has 2 aromatic heterocycles. The Morgan fingerprint density at radius 1 is 1.22 bits per heavy atom. The number of pyridine rings is 1. The zero-order chi connectivity index (χ0) is 12.5. The van der Waals surface area contributed by atoms with E-state index in [1.54, 1.807) is 6.20 Å². The first-order valence-electron chi connectivity index (χ1n) is 5.70. The van der Waals surface area contributed by atoms with Gasteiger partial charge in [0.05, 0.1) is 5.69 Å². The summed E-state index contributed by atoms with van der Waals surface area (Å²) in [6.07, 6.45) is 3.73. The number of rotatable bonds is 2. The summed E-state index contributed by atoms with van der Waals surface area (Å²) >= 11 is 6.01. The van der Waals surface area contributed by atoms with Crippen LogP contribution in [0.15, 0.2) is 48.8 Å². The fraction of sp³-hybridized carbons (Fsp3) is 0.0714. The molecule has 0 unspecified atom stereocenters. The van der Waals surface area contributed by atoms with E-state index in [0.717, 1.165) is 22.5 Å². The molecule has 90 valence electrons. The van der Waals surface area contributed by atoms with E-state index in [1.165, 1.54) is 0 Å². The minimum Gasteiger partial charge on any atom is -0.326 e. The van der Waals surface area contributed by atoms with Gasteiger partial charge in [0.15, 0.2) is 0 Å². The van der Waals surface area contributed by atoms with Crippen molar-refractivity contribution in [3.8, 4) is 11.3 Å². The molecule has 0 saturated carbocycles. The Balaban J connectivity index is 2.29. The van der Waals surface area contributed by atoms with E-state index in [2.05, 4.69) is 11.1 Å². The van der Waals surface area contributed by atoms with Crippen LogP contribution in [0.4, 0.5) is 0 Å². The highest BCUT2D eigenvalue weighted by atomic mass is 35.5. The number of imidazole rings is 1. The van der Waals surface area contributed by atoms with Crippen molar-refractivity contribution >= 4 is 17.2 Å². The number of fused-ring (bicyclic) bond motifs is 1. The predicted octanol–water partition coefficient (Wildman–Crippen LogP) is 3.11. The maximum Gasteiger partial charge on any atom is 0.137 e. The average molecular weight is 258 g/mol. The summed E-state index contributed by atoms with van der Waals surface area (Å²) in [5.41, 5.74) is 9.91. The third-order valence-electron chi connectivity index (χ3n) is 2.99. The topological polar surface area (TPSA) is 43.3 Å². The first kappa shape index (κ1) is 11.3. The second-order valence-electron chi connectivity index (χ2n) is 4.07. The molecule has 0 fully saturated rings. The highest BCUT2D eigenvalue weighted by Crippen LogP contribution is 2.26. The third kappa shape index (κ3) is 1.78. The molecule has 3 rings (SSSR count). The van der Waals surface area contributed by atoms with Gasteiger partial charge in [-0.25, -0.2) is 4.98 Å². The van der Waals surface area contributed by atoms with Crippen LogP contribution >= 0.6 is 11.6 Å². The van der Waals surface area contributed by atoms with Crippen LogP contribution in [0, 0.1) is 0 Å². The number of nitrogens with two attached hydrogens (primary N) is 1. The van der Waals surface area contributed by atoms with Crippen molar-refractivity contribution in [1.82, 2.24) is 9.38 Å². The molecule has 0 aliphatic heterocycles. The molecule has 2 N–H and O–H groups in total. The molecule has 1 aromatic carbocycles. The van der Waals surface area contributed by atoms with Gasteiger partial charge in [-0.2, -0.15) is 0 Å². The lowest BCUT2D eigenvalue weighted by Gasteiger charge is -2.10. The van der Waals surface area contributed by atoms with Gasteiger partial charge in [-0.05, 0) is 29.8 Å². The normalized spacial score (nSPS) is 11.0. The minimum atomic E-state index is 0.459. The lowest BCUT2D eigenvalue weighted by Crippen LogP contribution is -2.01. The van der Waals surface area contributed by atoms with Crippen molar-refractivity contribution < 1.29 is 0 Å². The zero-order valence-electron chi connectivity index (χ0n) is 9.68. The molecular formula is C14H12ClN3. The van der Waals surface area contributed by atoms with E-state index in [0.29, 0.717) is 11.6 Å². The molecule has 0 amide bonds. The lowest BCUT2D eigenvalue weighted by atomic mass is 10.0. The van der Waals surface area contributed by atoms with Gasteiger partial charge in [-0.15, -0.1) is 0 Å². The standard InChI is InChI=1S/C14H12ClN3/c15-11-4-5-12(10(8-11)9-16)13-2-1-3-14-17-6-7-18(13)14/h1-8H,9,16H2. The number of benzene rings is 1. The number of hydrogen-bond acceptors (Lipinski definition) is 2. The lowest BCUT2D eigenvalue weighted by molar-refractivity contribution is 1.06. The SMILES string of the molecule is NCc1cc(Cl)ccc1-c1cccc2nccn12. The highest BCUT2D eigenvalue weighted by molar-refractivity contribution is 6.30. The van der Waals surface area contributed by atoms with E-state index in [-0.39, 0.29) is 0 Å². The molecular weight excluding hydrogens is 246 g/mol. The molecule has 0 aliphatic carbocycles. The smallest absolute Gasteiger partial charge is 0.137 e. The van der Waals surface area contributed by atoms with E-state index in [9.17, 15) is 0 Å². The fourth-order valence-electron chi connectivity index (χ4n) is 2.15. The number of aromatic nitrogens is 2. The largest absolute Gasteiger partial charge is 0.326 e. The molecule has 0 bridgehead atoms. The van der Waals surface area contributed by atoms with Crippen LogP contribution in [0.3, 0.4) is 0 Å². The fourth-order valence-corrected chi connectivity index (χ4v) is 2.34. The quantitative estimate of drug-likeness (QED) is 0.767. The van der Waals surface area contributed by atoms with Crippen LogP contribution in [0.1, 0.15) is 5.56 Å². The van der Waals surface area contributed by atoms with Gasteiger partial charge in [-0.1, -0.05) is 23.7 Å². The Morgan fingerprint density at radius 3 is 2.94 bits per heavy atom. The summed E-state index contributed by atoms with van der Waals surface area (Å²) in [4.78, 5) is 4.28. The van der Waals surface area contributed by atoms with Crippen molar-refractivity contribution in [1.29, 1.82) is 0 Å². The van der Waals surface area contributed by atoms with E-state index >= 15 is 0 Å². The van der Waals surface area contributed by atoms with Gasteiger partial charge in [-0.3, -0.25) is 4.40 Å². The molecule has 4 heteroatoms. The molecule has 0 spiro atoms. The van der Waals surface area contributed by atoms with Crippen LogP contribution in [0.2, 0.25) is 5.02 Å².